The lowest BCUT2D eigenvalue weighted by Crippen LogP contribution is -2.11. The van der Waals surface area contributed by atoms with Crippen molar-refractivity contribution in [3.05, 3.63) is 47.3 Å². The number of nitrogens with zero attached hydrogens (tertiary/aromatic N) is 2. The topological polar surface area (TPSA) is 87.6 Å². The number of rotatable bonds is 10. The van der Waals surface area contributed by atoms with Crippen molar-refractivity contribution in [1.82, 2.24) is 9.97 Å². The van der Waals surface area contributed by atoms with Crippen LogP contribution in [0.3, 0.4) is 0 Å². The van der Waals surface area contributed by atoms with Crippen molar-refractivity contribution in [2.75, 3.05) is 13.2 Å². The molecule has 0 saturated heterocycles. The zero-order valence-electron chi connectivity index (χ0n) is 14.6. The monoisotopic (exact) mass is 400 g/mol. The number of halogens is 1. The minimum Gasteiger partial charge on any atom is -0.478 e. The van der Waals surface area contributed by atoms with E-state index in [1.165, 1.54) is 0 Å². The van der Waals surface area contributed by atoms with E-state index >= 15 is 0 Å². The Labute approximate surface area is 158 Å². The summed E-state index contributed by atoms with van der Waals surface area (Å²) in [5.41, 5.74) is 1.44. The second-order valence-electron chi connectivity index (χ2n) is 5.24. The molecule has 0 bridgehead atoms. The third kappa shape index (κ3) is 6.44. The maximum Gasteiger partial charge on any atom is 0.271 e. The Bertz CT molecular complexity index is 805. The van der Waals surface area contributed by atoms with Crippen molar-refractivity contribution in [3.63, 3.8) is 0 Å². The van der Waals surface area contributed by atoms with Crippen molar-refractivity contribution in [2.24, 2.45) is 0 Å². The highest BCUT2D eigenvalue weighted by Crippen LogP contribution is 2.18. The Morgan fingerprint density at radius 2 is 1.62 bits per heavy atom. The first-order chi connectivity index (χ1) is 12.5. The van der Waals surface area contributed by atoms with Gasteiger partial charge in [0.05, 0.1) is 19.3 Å². The van der Waals surface area contributed by atoms with E-state index in [2.05, 4.69) is 9.97 Å². The molecule has 26 heavy (non-hydrogen) atoms. The van der Waals surface area contributed by atoms with Crippen LogP contribution >= 0.6 is 11.6 Å². The predicted molar refractivity (Wildman–Crippen MR) is 97.8 cm³/mol. The van der Waals surface area contributed by atoms with Gasteiger partial charge in [-0.15, -0.1) is 11.6 Å². The lowest BCUT2D eigenvalue weighted by Gasteiger charge is -2.09. The summed E-state index contributed by atoms with van der Waals surface area (Å²) in [7, 11) is -3.81. The highest BCUT2D eigenvalue weighted by atomic mass is 35.5. The van der Waals surface area contributed by atoms with E-state index in [0.29, 0.717) is 36.4 Å². The van der Waals surface area contributed by atoms with E-state index in [1.807, 2.05) is 19.9 Å². The average Bonchev–Trinajstić information content (AvgIpc) is 2.60. The van der Waals surface area contributed by atoms with Gasteiger partial charge in [0.1, 0.15) is 12.4 Å². The van der Waals surface area contributed by atoms with E-state index in [-0.39, 0.29) is 18.2 Å². The van der Waals surface area contributed by atoms with Crippen LogP contribution in [0.4, 0.5) is 0 Å². The summed E-state index contributed by atoms with van der Waals surface area (Å²) in [6.45, 7) is 4.16. The molecule has 0 saturated carbocycles. The summed E-state index contributed by atoms with van der Waals surface area (Å²) >= 11 is 5.77. The summed E-state index contributed by atoms with van der Waals surface area (Å²) in [5, 5.41) is 0. The maximum absolute atomic E-state index is 12.2. The van der Waals surface area contributed by atoms with Crippen molar-refractivity contribution in [1.29, 1.82) is 0 Å². The average molecular weight is 401 g/mol. The molecule has 0 amide bonds. The first-order valence-electron chi connectivity index (χ1n) is 8.10. The number of hydrogen-bond acceptors (Lipinski definition) is 7. The van der Waals surface area contributed by atoms with Gasteiger partial charge in [0.15, 0.2) is 5.82 Å². The van der Waals surface area contributed by atoms with Crippen LogP contribution < -0.4 is 9.47 Å². The smallest absolute Gasteiger partial charge is 0.271 e. The van der Waals surface area contributed by atoms with E-state index in [9.17, 15) is 8.42 Å². The van der Waals surface area contributed by atoms with Gasteiger partial charge in [-0.05, 0) is 25.0 Å². The zero-order chi connectivity index (χ0) is 19.0. The fraction of sp³-hybridized carbons (Fsp3) is 0.412. The van der Waals surface area contributed by atoms with Gasteiger partial charge in [0.25, 0.3) is 10.1 Å². The molecule has 1 heterocycles. The maximum atomic E-state index is 12.2. The van der Waals surface area contributed by atoms with E-state index in [4.69, 9.17) is 25.3 Å². The SMILES string of the molecule is CCOc1cc(OCC)nc(COS(=O)(=O)Cc2cccc(CCl)c2)n1. The van der Waals surface area contributed by atoms with Gasteiger partial charge in [-0.1, -0.05) is 24.3 Å². The number of alkyl halides is 1. The molecule has 142 valence electrons. The Morgan fingerprint density at radius 3 is 2.19 bits per heavy atom. The van der Waals surface area contributed by atoms with Gasteiger partial charge >= 0.3 is 0 Å². The van der Waals surface area contributed by atoms with E-state index in [0.717, 1.165) is 5.56 Å². The number of benzene rings is 1. The predicted octanol–water partition coefficient (Wildman–Crippen LogP) is 3.06. The van der Waals surface area contributed by atoms with Crippen LogP contribution in [0.2, 0.25) is 0 Å². The lowest BCUT2D eigenvalue weighted by molar-refractivity contribution is 0.275. The van der Waals surface area contributed by atoms with Gasteiger partial charge in [-0.3, -0.25) is 4.18 Å². The molecule has 1 aromatic heterocycles. The van der Waals surface area contributed by atoms with Crippen LogP contribution in [0.15, 0.2) is 30.3 Å². The van der Waals surface area contributed by atoms with Crippen LogP contribution in [0.25, 0.3) is 0 Å². The van der Waals surface area contributed by atoms with Crippen LogP contribution in [0, 0.1) is 0 Å². The molecular weight excluding hydrogens is 380 g/mol. The van der Waals surface area contributed by atoms with Crippen LogP contribution in [0.5, 0.6) is 11.8 Å². The molecule has 7 nitrogen and oxygen atoms in total. The van der Waals surface area contributed by atoms with Crippen molar-refractivity contribution in [2.45, 2.75) is 32.1 Å². The highest BCUT2D eigenvalue weighted by molar-refractivity contribution is 7.85. The highest BCUT2D eigenvalue weighted by Gasteiger charge is 2.15. The molecule has 0 spiro atoms. The summed E-state index contributed by atoms with van der Waals surface area (Å²) in [5.74, 6) is 0.819. The zero-order valence-corrected chi connectivity index (χ0v) is 16.2. The van der Waals surface area contributed by atoms with Gasteiger partial charge in [-0.2, -0.15) is 18.4 Å². The number of hydrogen-bond donors (Lipinski definition) is 0. The first kappa shape index (κ1) is 20.4. The third-order valence-electron chi connectivity index (χ3n) is 3.17. The molecule has 0 aliphatic carbocycles. The molecule has 0 radical (unpaired) electrons. The minimum absolute atomic E-state index is 0.164. The van der Waals surface area contributed by atoms with Crippen molar-refractivity contribution in [3.8, 4) is 11.8 Å². The standard InChI is InChI=1S/C17H21ClN2O5S/c1-3-23-16-9-17(24-4-2)20-15(19-16)11-25-26(21,22)12-14-7-5-6-13(8-14)10-18/h5-9H,3-4,10-12H2,1-2H3. The molecule has 9 heteroatoms. The summed E-state index contributed by atoms with van der Waals surface area (Å²) < 4.78 is 40.2. The minimum atomic E-state index is -3.81. The molecule has 0 N–H and O–H groups in total. The van der Waals surface area contributed by atoms with Crippen LogP contribution in [0.1, 0.15) is 30.8 Å². The fourth-order valence-electron chi connectivity index (χ4n) is 2.15. The van der Waals surface area contributed by atoms with Crippen LogP contribution in [-0.4, -0.2) is 31.6 Å². The second kappa shape index (κ2) is 9.70. The Hall–Kier alpha value is -1.90. The van der Waals surface area contributed by atoms with Gasteiger partial charge < -0.3 is 9.47 Å². The molecule has 2 aromatic rings. The Balaban J connectivity index is 2.08. The molecule has 2 rings (SSSR count). The molecule has 1 aromatic carbocycles. The summed E-state index contributed by atoms with van der Waals surface area (Å²) in [6.07, 6.45) is 0. The molecule has 0 atom stereocenters. The molecule has 0 aliphatic heterocycles. The lowest BCUT2D eigenvalue weighted by atomic mass is 10.2. The van der Waals surface area contributed by atoms with E-state index in [1.54, 1.807) is 24.3 Å². The fourth-order valence-corrected chi connectivity index (χ4v) is 3.27. The molecular formula is C17H21ClN2O5S. The Kier molecular flexibility index (Phi) is 7.62. The summed E-state index contributed by atoms with van der Waals surface area (Å²) in [4.78, 5) is 8.25. The third-order valence-corrected chi connectivity index (χ3v) is 4.64. The van der Waals surface area contributed by atoms with Crippen molar-refractivity contribution < 1.29 is 22.1 Å². The number of ether oxygens (including phenoxy) is 2. The first-order valence-corrected chi connectivity index (χ1v) is 10.2. The Morgan fingerprint density at radius 1 is 1.00 bits per heavy atom. The summed E-state index contributed by atoms with van der Waals surface area (Å²) in [6, 6.07) is 8.56. The largest absolute Gasteiger partial charge is 0.478 e. The second-order valence-corrected chi connectivity index (χ2v) is 7.15. The van der Waals surface area contributed by atoms with E-state index < -0.39 is 10.1 Å². The van der Waals surface area contributed by atoms with Gasteiger partial charge in [0.2, 0.25) is 11.8 Å². The van der Waals surface area contributed by atoms with Gasteiger partial charge in [-0.25, -0.2) is 0 Å². The normalized spacial score (nSPS) is 11.3. The quantitative estimate of drug-likeness (QED) is 0.447. The molecule has 0 fully saturated rings. The molecule has 0 unspecified atom stereocenters. The van der Waals surface area contributed by atoms with Gasteiger partial charge in [0, 0.05) is 5.88 Å². The van der Waals surface area contributed by atoms with Crippen molar-refractivity contribution >= 4 is 21.7 Å². The molecule has 0 aliphatic rings. The number of aromatic nitrogens is 2. The van der Waals surface area contributed by atoms with Crippen LogP contribution in [-0.2, 0) is 32.5 Å².